The van der Waals surface area contributed by atoms with Gasteiger partial charge in [0.25, 0.3) is 0 Å². The number of benzene rings is 1. The molecule has 0 aliphatic carbocycles. The number of anilines is 1. The van der Waals surface area contributed by atoms with Gasteiger partial charge in [0.05, 0.1) is 5.56 Å². The molecule has 1 fully saturated rings. The number of nitrogen functional groups attached to an aromatic ring is 1. The minimum Gasteiger partial charge on any atom is -0.478 e. The molecule has 0 spiro atoms. The Morgan fingerprint density at radius 2 is 2.06 bits per heavy atom. The number of rotatable bonds is 3. The van der Waals surface area contributed by atoms with Gasteiger partial charge in [-0.3, -0.25) is 4.90 Å². The lowest BCUT2D eigenvalue weighted by Crippen LogP contribution is -2.19. The van der Waals surface area contributed by atoms with Crippen molar-refractivity contribution in [2.24, 2.45) is 0 Å². The number of aromatic carboxylic acids is 1. The number of nitrogens with zero attached hydrogens (tertiary/aromatic N) is 1. The van der Waals surface area contributed by atoms with Crippen LogP contribution >= 0.6 is 0 Å². The van der Waals surface area contributed by atoms with Gasteiger partial charge in [0.15, 0.2) is 0 Å². The molecule has 0 aromatic heterocycles. The number of likely N-dealkylation sites (tertiary alicyclic amines) is 1. The van der Waals surface area contributed by atoms with Crippen molar-refractivity contribution in [3.8, 4) is 0 Å². The zero-order valence-electron chi connectivity index (χ0n) is 9.15. The fourth-order valence-corrected chi connectivity index (χ4v) is 2.05. The summed E-state index contributed by atoms with van der Waals surface area (Å²) in [6.07, 6.45) is 2.49. The Balaban J connectivity index is 2.12. The van der Waals surface area contributed by atoms with Crippen molar-refractivity contribution in [3.05, 3.63) is 29.3 Å². The largest absolute Gasteiger partial charge is 0.478 e. The normalized spacial score (nSPS) is 16.5. The molecule has 4 heteroatoms. The summed E-state index contributed by atoms with van der Waals surface area (Å²) in [5.41, 5.74) is 7.70. The standard InChI is InChI=1S/C12H16N2O2/c13-11-7-9(12(15)16)3-4-10(11)8-14-5-1-2-6-14/h3-4,7H,1-2,5-6,8,13H2,(H,15,16). The molecular formula is C12H16N2O2. The Morgan fingerprint density at radius 3 is 2.62 bits per heavy atom. The van der Waals surface area contributed by atoms with E-state index in [1.54, 1.807) is 6.07 Å². The quantitative estimate of drug-likeness (QED) is 0.759. The monoisotopic (exact) mass is 220 g/mol. The molecule has 1 aliphatic heterocycles. The molecule has 0 bridgehead atoms. The zero-order valence-corrected chi connectivity index (χ0v) is 9.15. The van der Waals surface area contributed by atoms with E-state index in [0.717, 1.165) is 25.2 Å². The topological polar surface area (TPSA) is 66.6 Å². The summed E-state index contributed by atoms with van der Waals surface area (Å²) in [6, 6.07) is 4.97. The number of hydrogen-bond acceptors (Lipinski definition) is 3. The fraction of sp³-hybridized carbons (Fsp3) is 0.417. The lowest BCUT2D eigenvalue weighted by molar-refractivity contribution is 0.0697. The van der Waals surface area contributed by atoms with E-state index in [0.29, 0.717) is 5.69 Å². The molecule has 2 rings (SSSR count). The van der Waals surface area contributed by atoms with Gasteiger partial charge in [0.2, 0.25) is 0 Å². The Bertz CT molecular complexity index is 398. The van der Waals surface area contributed by atoms with Crippen LogP contribution in [0.4, 0.5) is 5.69 Å². The molecule has 0 amide bonds. The van der Waals surface area contributed by atoms with Crippen LogP contribution < -0.4 is 5.73 Å². The Hall–Kier alpha value is -1.55. The van der Waals surface area contributed by atoms with Crippen molar-refractivity contribution in [3.63, 3.8) is 0 Å². The second kappa shape index (κ2) is 4.53. The highest BCUT2D eigenvalue weighted by Crippen LogP contribution is 2.19. The van der Waals surface area contributed by atoms with Gasteiger partial charge in [0, 0.05) is 12.2 Å². The van der Waals surface area contributed by atoms with Crippen LogP contribution in [0.3, 0.4) is 0 Å². The average molecular weight is 220 g/mol. The summed E-state index contributed by atoms with van der Waals surface area (Å²) in [5, 5.41) is 8.82. The first-order chi connectivity index (χ1) is 7.66. The summed E-state index contributed by atoms with van der Waals surface area (Å²) in [5.74, 6) is -0.931. The first-order valence-electron chi connectivity index (χ1n) is 5.51. The zero-order chi connectivity index (χ0) is 11.5. The van der Waals surface area contributed by atoms with Crippen molar-refractivity contribution < 1.29 is 9.90 Å². The van der Waals surface area contributed by atoms with Gasteiger partial charge in [-0.05, 0) is 43.6 Å². The van der Waals surface area contributed by atoms with Crippen LogP contribution in [-0.2, 0) is 6.54 Å². The highest BCUT2D eigenvalue weighted by atomic mass is 16.4. The van der Waals surface area contributed by atoms with Gasteiger partial charge >= 0.3 is 5.97 Å². The summed E-state index contributed by atoms with van der Waals surface area (Å²) in [7, 11) is 0. The highest BCUT2D eigenvalue weighted by molar-refractivity contribution is 5.88. The molecule has 3 N–H and O–H groups in total. The average Bonchev–Trinajstić information content (AvgIpc) is 2.73. The van der Waals surface area contributed by atoms with Gasteiger partial charge in [-0.1, -0.05) is 6.07 Å². The van der Waals surface area contributed by atoms with Crippen molar-refractivity contribution >= 4 is 11.7 Å². The summed E-state index contributed by atoms with van der Waals surface area (Å²) < 4.78 is 0. The SMILES string of the molecule is Nc1cc(C(=O)O)ccc1CN1CCCC1. The number of carbonyl (C=O) groups is 1. The smallest absolute Gasteiger partial charge is 0.335 e. The molecule has 1 heterocycles. The molecule has 0 unspecified atom stereocenters. The Kier molecular flexibility index (Phi) is 3.10. The van der Waals surface area contributed by atoms with Crippen LogP contribution in [0.25, 0.3) is 0 Å². The van der Waals surface area contributed by atoms with E-state index in [1.165, 1.54) is 18.9 Å². The first kappa shape index (κ1) is 11.0. The van der Waals surface area contributed by atoms with Crippen LogP contribution in [-0.4, -0.2) is 29.1 Å². The number of hydrogen-bond donors (Lipinski definition) is 2. The second-order valence-corrected chi connectivity index (χ2v) is 4.20. The third-order valence-electron chi connectivity index (χ3n) is 2.99. The van der Waals surface area contributed by atoms with E-state index in [9.17, 15) is 4.79 Å². The van der Waals surface area contributed by atoms with Gasteiger partial charge in [-0.15, -0.1) is 0 Å². The molecular weight excluding hydrogens is 204 g/mol. The maximum atomic E-state index is 10.7. The molecule has 1 saturated heterocycles. The van der Waals surface area contributed by atoms with Gasteiger partial charge in [-0.25, -0.2) is 4.79 Å². The predicted octanol–water partition coefficient (Wildman–Crippen LogP) is 1.56. The van der Waals surface area contributed by atoms with Crippen LogP contribution in [0, 0.1) is 0 Å². The third-order valence-corrected chi connectivity index (χ3v) is 2.99. The number of nitrogens with two attached hydrogens (primary N) is 1. The molecule has 4 nitrogen and oxygen atoms in total. The van der Waals surface area contributed by atoms with Gasteiger partial charge < -0.3 is 10.8 Å². The molecule has 1 aromatic rings. The number of carboxylic acid groups (broad SMARTS) is 1. The maximum absolute atomic E-state index is 10.7. The lowest BCUT2D eigenvalue weighted by Gasteiger charge is -2.16. The van der Waals surface area contributed by atoms with E-state index in [2.05, 4.69) is 4.90 Å². The van der Waals surface area contributed by atoms with Gasteiger partial charge in [-0.2, -0.15) is 0 Å². The summed E-state index contributed by atoms with van der Waals surface area (Å²) in [4.78, 5) is 13.1. The van der Waals surface area contributed by atoms with Gasteiger partial charge in [0.1, 0.15) is 0 Å². The van der Waals surface area contributed by atoms with Crippen molar-refractivity contribution in [2.75, 3.05) is 18.8 Å². The van der Waals surface area contributed by atoms with E-state index < -0.39 is 5.97 Å². The van der Waals surface area contributed by atoms with Crippen LogP contribution in [0.15, 0.2) is 18.2 Å². The fourth-order valence-electron chi connectivity index (χ4n) is 2.05. The molecule has 86 valence electrons. The second-order valence-electron chi connectivity index (χ2n) is 4.20. The van der Waals surface area contributed by atoms with E-state index >= 15 is 0 Å². The van der Waals surface area contributed by atoms with E-state index in [4.69, 9.17) is 10.8 Å². The van der Waals surface area contributed by atoms with E-state index in [1.807, 2.05) is 6.07 Å². The minimum atomic E-state index is -0.931. The van der Waals surface area contributed by atoms with Crippen LogP contribution in [0.5, 0.6) is 0 Å². The molecule has 1 aromatic carbocycles. The molecule has 16 heavy (non-hydrogen) atoms. The molecule has 0 saturated carbocycles. The molecule has 1 aliphatic rings. The lowest BCUT2D eigenvalue weighted by atomic mass is 10.1. The van der Waals surface area contributed by atoms with E-state index in [-0.39, 0.29) is 5.56 Å². The van der Waals surface area contributed by atoms with Crippen molar-refractivity contribution in [2.45, 2.75) is 19.4 Å². The molecule has 0 atom stereocenters. The Labute approximate surface area is 94.7 Å². The predicted molar refractivity (Wildman–Crippen MR) is 62.3 cm³/mol. The number of carboxylic acids is 1. The molecule has 0 radical (unpaired) electrons. The van der Waals surface area contributed by atoms with Crippen molar-refractivity contribution in [1.82, 2.24) is 4.90 Å². The van der Waals surface area contributed by atoms with Crippen molar-refractivity contribution in [1.29, 1.82) is 0 Å². The first-order valence-corrected chi connectivity index (χ1v) is 5.51. The van der Waals surface area contributed by atoms with Crippen LogP contribution in [0.2, 0.25) is 0 Å². The van der Waals surface area contributed by atoms with Crippen LogP contribution in [0.1, 0.15) is 28.8 Å². The summed E-state index contributed by atoms with van der Waals surface area (Å²) in [6.45, 7) is 3.05. The summed E-state index contributed by atoms with van der Waals surface area (Å²) >= 11 is 0. The minimum absolute atomic E-state index is 0.252. The Morgan fingerprint density at radius 1 is 1.38 bits per heavy atom. The highest BCUT2D eigenvalue weighted by Gasteiger charge is 2.13. The third kappa shape index (κ3) is 2.33. The maximum Gasteiger partial charge on any atom is 0.335 e.